The van der Waals surface area contributed by atoms with Crippen molar-refractivity contribution in [2.24, 2.45) is 0 Å². The molecular weight excluding hydrogens is 679 g/mol. The van der Waals surface area contributed by atoms with Crippen LogP contribution in [0.25, 0.3) is 99.6 Å². The van der Waals surface area contributed by atoms with Crippen molar-refractivity contribution >= 4 is 43.6 Å². The van der Waals surface area contributed by atoms with Crippen LogP contribution in [0.1, 0.15) is 0 Å². The first kappa shape index (κ1) is 32.0. The molecule has 0 N–H and O–H groups in total. The molecule has 3 heteroatoms. The van der Waals surface area contributed by atoms with Crippen LogP contribution >= 0.6 is 0 Å². The van der Waals surface area contributed by atoms with Gasteiger partial charge >= 0.3 is 0 Å². The minimum absolute atomic E-state index is 0.954. The first-order valence-electron chi connectivity index (χ1n) is 19.1. The van der Waals surface area contributed by atoms with E-state index in [1.165, 1.54) is 71.4 Å². The molecule has 3 aromatic heterocycles. The van der Waals surface area contributed by atoms with Crippen molar-refractivity contribution in [3.63, 3.8) is 0 Å². The molecule has 3 nitrogen and oxygen atoms in total. The zero-order valence-corrected chi connectivity index (χ0v) is 30.5. The molecular formula is C53H35N3. The van der Waals surface area contributed by atoms with Crippen molar-refractivity contribution in [3.8, 4) is 56.0 Å². The van der Waals surface area contributed by atoms with Gasteiger partial charge in [-0.25, -0.2) is 0 Å². The third-order valence-electron chi connectivity index (χ3n) is 11.1. The van der Waals surface area contributed by atoms with Gasteiger partial charge in [0.05, 0.1) is 27.8 Å². The van der Waals surface area contributed by atoms with E-state index < -0.39 is 0 Å². The highest BCUT2D eigenvalue weighted by Crippen LogP contribution is 2.40. The first-order chi connectivity index (χ1) is 27.8. The minimum atomic E-state index is 0.954. The molecule has 0 saturated heterocycles. The zero-order chi connectivity index (χ0) is 37.0. The molecule has 0 bridgehead atoms. The van der Waals surface area contributed by atoms with Crippen molar-refractivity contribution in [2.45, 2.75) is 0 Å². The number of rotatable bonds is 6. The molecule has 0 amide bonds. The lowest BCUT2D eigenvalue weighted by atomic mass is 10.00. The van der Waals surface area contributed by atoms with E-state index in [9.17, 15) is 0 Å². The second-order valence-electron chi connectivity index (χ2n) is 14.4. The topological polar surface area (TPSA) is 22.8 Å². The van der Waals surface area contributed by atoms with Crippen LogP contribution < -0.4 is 0 Å². The maximum Gasteiger partial charge on any atom is 0.0702 e. The number of nitrogens with zero attached hydrogens (tertiary/aromatic N) is 3. The summed E-state index contributed by atoms with van der Waals surface area (Å²) >= 11 is 0. The van der Waals surface area contributed by atoms with E-state index >= 15 is 0 Å². The minimum Gasteiger partial charge on any atom is -0.309 e. The van der Waals surface area contributed by atoms with Gasteiger partial charge in [0.1, 0.15) is 0 Å². The molecule has 11 rings (SSSR count). The maximum atomic E-state index is 4.74. The van der Waals surface area contributed by atoms with Crippen LogP contribution in [0.3, 0.4) is 0 Å². The predicted octanol–water partition coefficient (Wildman–Crippen LogP) is 13.9. The van der Waals surface area contributed by atoms with Gasteiger partial charge in [-0.15, -0.1) is 0 Å². The van der Waals surface area contributed by atoms with Crippen molar-refractivity contribution in [1.82, 2.24) is 14.1 Å². The Kier molecular flexibility index (Phi) is 7.49. The van der Waals surface area contributed by atoms with E-state index in [-0.39, 0.29) is 0 Å². The fourth-order valence-electron chi connectivity index (χ4n) is 8.54. The van der Waals surface area contributed by atoms with Gasteiger partial charge in [-0.1, -0.05) is 127 Å². The second kappa shape index (κ2) is 13.1. The number of fused-ring (bicyclic) bond motifs is 6. The van der Waals surface area contributed by atoms with Crippen LogP contribution in [-0.2, 0) is 0 Å². The number of hydrogen-bond acceptors (Lipinski definition) is 1. The van der Waals surface area contributed by atoms with Gasteiger partial charge in [-0.05, 0) is 112 Å². The Hall–Kier alpha value is -7.49. The number of aromatic nitrogens is 3. The average molecular weight is 714 g/mol. The van der Waals surface area contributed by atoms with Gasteiger partial charge < -0.3 is 9.13 Å². The van der Waals surface area contributed by atoms with Crippen LogP contribution in [0.15, 0.2) is 212 Å². The summed E-state index contributed by atoms with van der Waals surface area (Å²) in [7, 11) is 0. The third kappa shape index (κ3) is 5.32. The average Bonchev–Trinajstić information content (AvgIpc) is 3.79. The smallest absolute Gasteiger partial charge is 0.0702 e. The van der Waals surface area contributed by atoms with Gasteiger partial charge in [0.25, 0.3) is 0 Å². The number of hydrogen-bond donors (Lipinski definition) is 0. The van der Waals surface area contributed by atoms with E-state index in [1.807, 2.05) is 12.3 Å². The van der Waals surface area contributed by atoms with Gasteiger partial charge in [0.2, 0.25) is 0 Å². The fourth-order valence-corrected chi connectivity index (χ4v) is 8.54. The molecule has 3 heterocycles. The summed E-state index contributed by atoms with van der Waals surface area (Å²) in [6.45, 7) is 0. The van der Waals surface area contributed by atoms with Crippen LogP contribution in [0.5, 0.6) is 0 Å². The summed E-state index contributed by atoms with van der Waals surface area (Å²) in [6, 6.07) is 74.5. The molecule has 0 saturated carbocycles. The Morgan fingerprint density at radius 3 is 1.38 bits per heavy atom. The molecule has 0 unspecified atom stereocenters. The summed E-state index contributed by atoms with van der Waals surface area (Å²) in [6.07, 6.45) is 1.87. The molecule has 0 aliphatic rings. The Morgan fingerprint density at radius 1 is 0.268 bits per heavy atom. The molecule has 0 aliphatic heterocycles. The van der Waals surface area contributed by atoms with E-state index in [0.29, 0.717) is 0 Å². The standard InChI is InChI=1S/C53H35N3/c1-3-14-36(15-4-1)38-18-13-19-43(31-38)55-50-23-9-7-20-45(50)47-34-39(25-27-52(47)55)40-26-28-53-48(35-40)46-21-8-10-24-51(46)56(53)44-32-41(37-16-5-2-6-17-37)30-42(33-44)49-22-11-12-29-54-49/h1-35H. The highest BCUT2D eigenvalue weighted by Gasteiger charge is 2.18. The lowest BCUT2D eigenvalue weighted by Gasteiger charge is -2.14. The Labute approximate surface area is 325 Å². The van der Waals surface area contributed by atoms with Crippen molar-refractivity contribution in [2.75, 3.05) is 0 Å². The summed E-state index contributed by atoms with van der Waals surface area (Å²) in [5.41, 5.74) is 16.2. The monoisotopic (exact) mass is 713 g/mol. The van der Waals surface area contributed by atoms with Crippen LogP contribution in [0.2, 0.25) is 0 Å². The largest absolute Gasteiger partial charge is 0.309 e. The van der Waals surface area contributed by atoms with E-state index in [4.69, 9.17) is 4.98 Å². The number of pyridine rings is 1. The highest BCUT2D eigenvalue weighted by atomic mass is 15.0. The van der Waals surface area contributed by atoms with Crippen molar-refractivity contribution in [3.05, 3.63) is 212 Å². The summed E-state index contributed by atoms with van der Waals surface area (Å²) in [5.74, 6) is 0. The Balaban J connectivity index is 1.07. The summed E-state index contributed by atoms with van der Waals surface area (Å²) in [5, 5.41) is 4.94. The molecule has 56 heavy (non-hydrogen) atoms. The van der Waals surface area contributed by atoms with Gasteiger partial charge in [0, 0.05) is 44.7 Å². The van der Waals surface area contributed by atoms with Gasteiger partial charge in [0.15, 0.2) is 0 Å². The normalized spacial score (nSPS) is 11.6. The van der Waals surface area contributed by atoms with E-state index in [0.717, 1.165) is 28.2 Å². The SMILES string of the molecule is c1ccc(-c2cccc(-n3c4ccccc4c4cc(-c5ccc6c(c5)c5ccccc5n6-c5cc(-c6ccccc6)cc(-c6ccccn6)c5)ccc43)c2)cc1. The Bertz CT molecular complexity index is 3170. The predicted molar refractivity (Wildman–Crippen MR) is 235 cm³/mol. The lowest BCUT2D eigenvalue weighted by molar-refractivity contribution is 1.18. The summed E-state index contributed by atoms with van der Waals surface area (Å²) in [4.78, 5) is 4.74. The quantitative estimate of drug-likeness (QED) is 0.168. The zero-order valence-electron chi connectivity index (χ0n) is 30.5. The molecule has 11 aromatic rings. The first-order valence-corrected chi connectivity index (χ1v) is 19.1. The third-order valence-corrected chi connectivity index (χ3v) is 11.1. The number of benzene rings is 8. The number of para-hydroxylation sites is 2. The molecule has 0 radical (unpaired) electrons. The Morgan fingerprint density at radius 2 is 0.750 bits per heavy atom. The van der Waals surface area contributed by atoms with Crippen molar-refractivity contribution < 1.29 is 0 Å². The van der Waals surface area contributed by atoms with Crippen molar-refractivity contribution in [1.29, 1.82) is 0 Å². The maximum absolute atomic E-state index is 4.74. The fraction of sp³-hybridized carbons (Fsp3) is 0. The lowest BCUT2D eigenvalue weighted by Crippen LogP contribution is -1.96. The molecule has 262 valence electrons. The second-order valence-corrected chi connectivity index (χ2v) is 14.4. The molecule has 0 spiro atoms. The molecule has 8 aromatic carbocycles. The van der Waals surface area contributed by atoms with Gasteiger partial charge in [-0.2, -0.15) is 0 Å². The summed E-state index contributed by atoms with van der Waals surface area (Å²) < 4.78 is 4.81. The van der Waals surface area contributed by atoms with E-state index in [2.05, 4.69) is 209 Å². The van der Waals surface area contributed by atoms with E-state index in [1.54, 1.807) is 0 Å². The highest BCUT2D eigenvalue weighted by molar-refractivity contribution is 6.13. The molecule has 0 aliphatic carbocycles. The van der Waals surface area contributed by atoms with Crippen LogP contribution in [0, 0.1) is 0 Å². The molecule has 0 atom stereocenters. The van der Waals surface area contributed by atoms with Gasteiger partial charge in [-0.3, -0.25) is 4.98 Å². The molecule has 0 fully saturated rings. The van der Waals surface area contributed by atoms with Crippen LogP contribution in [-0.4, -0.2) is 14.1 Å². The van der Waals surface area contributed by atoms with Crippen LogP contribution in [0.4, 0.5) is 0 Å².